The molecule has 1 N–H and O–H groups in total. The summed E-state index contributed by atoms with van der Waals surface area (Å²) in [6, 6.07) is 13.4. The Morgan fingerprint density at radius 1 is 1.16 bits per heavy atom. The summed E-state index contributed by atoms with van der Waals surface area (Å²) < 4.78 is 0. The van der Waals surface area contributed by atoms with Crippen molar-refractivity contribution in [2.45, 2.75) is 17.8 Å². The standard InChI is InChI=1S/C18H15Cl2NO3S/c19-12-7-4-8-13(20)16(12)17-21(15(22)10-25-17)14(18(23)24)9-11-5-2-1-3-6-11/h1-8,14,17H,9-10H2,(H,23,24). The topological polar surface area (TPSA) is 57.6 Å². The Bertz CT molecular complexity index is 780. The number of benzene rings is 2. The van der Waals surface area contributed by atoms with Gasteiger partial charge in [-0.2, -0.15) is 0 Å². The quantitative estimate of drug-likeness (QED) is 0.821. The van der Waals surface area contributed by atoms with Crippen LogP contribution >= 0.6 is 35.0 Å². The third-order valence-electron chi connectivity index (χ3n) is 4.04. The number of nitrogens with zero attached hydrogens (tertiary/aromatic N) is 1. The van der Waals surface area contributed by atoms with Crippen LogP contribution < -0.4 is 0 Å². The van der Waals surface area contributed by atoms with Gasteiger partial charge in [0.05, 0.1) is 5.75 Å². The minimum Gasteiger partial charge on any atom is -0.480 e. The van der Waals surface area contributed by atoms with E-state index in [-0.39, 0.29) is 18.1 Å². The van der Waals surface area contributed by atoms with E-state index in [2.05, 4.69) is 0 Å². The first kappa shape index (κ1) is 18.1. The molecule has 4 nitrogen and oxygen atoms in total. The number of thioether (sulfide) groups is 1. The van der Waals surface area contributed by atoms with Crippen LogP contribution in [0.2, 0.25) is 10.0 Å². The monoisotopic (exact) mass is 395 g/mol. The number of carbonyl (C=O) groups is 2. The fraction of sp³-hybridized carbons (Fsp3) is 0.222. The summed E-state index contributed by atoms with van der Waals surface area (Å²) in [7, 11) is 0. The SMILES string of the molecule is O=C(O)C(Cc1ccccc1)N1C(=O)CSC1c1c(Cl)cccc1Cl. The Labute approximate surface area is 159 Å². The Balaban J connectivity index is 1.98. The third kappa shape index (κ3) is 3.78. The lowest BCUT2D eigenvalue weighted by atomic mass is 10.0. The van der Waals surface area contributed by atoms with Gasteiger partial charge in [0.25, 0.3) is 0 Å². The van der Waals surface area contributed by atoms with Gasteiger partial charge in [0.2, 0.25) is 5.91 Å². The number of aliphatic carboxylic acids is 1. The van der Waals surface area contributed by atoms with Gasteiger partial charge >= 0.3 is 5.97 Å². The predicted octanol–water partition coefficient (Wildman–Crippen LogP) is 4.26. The number of hydrogen-bond donors (Lipinski definition) is 1. The largest absolute Gasteiger partial charge is 0.480 e. The Kier molecular flexibility index (Phi) is 5.57. The molecule has 1 saturated heterocycles. The first-order valence-corrected chi connectivity index (χ1v) is 9.43. The molecule has 7 heteroatoms. The molecule has 130 valence electrons. The molecule has 2 atom stereocenters. The number of hydrogen-bond acceptors (Lipinski definition) is 3. The van der Waals surface area contributed by atoms with E-state index in [4.69, 9.17) is 23.2 Å². The summed E-state index contributed by atoms with van der Waals surface area (Å²) >= 11 is 13.9. The highest BCUT2D eigenvalue weighted by atomic mass is 35.5. The molecule has 2 aromatic carbocycles. The van der Waals surface area contributed by atoms with E-state index in [1.54, 1.807) is 18.2 Å². The van der Waals surface area contributed by atoms with Crippen molar-refractivity contribution in [1.82, 2.24) is 4.90 Å². The number of halogens is 2. The molecule has 25 heavy (non-hydrogen) atoms. The van der Waals surface area contributed by atoms with Crippen molar-refractivity contribution in [1.29, 1.82) is 0 Å². The normalized spacial score (nSPS) is 18.4. The lowest BCUT2D eigenvalue weighted by Crippen LogP contribution is -2.45. The van der Waals surface area contributed by atoms with Crippen LogP contribution in [0, 0.1) is 0 Å². The Hall–Kier alpha value is -1.69. The van der Waals surface area contributed by atoms with Gasteiger partial charge in [-0.25, -0.2) is 4.79 Å². The number of amides is 1. The van der Waals surface area contributed by atoms with Crippen LogP contribution in [0.25, 0.3) is 0 Å². The fourth-order valence-electron chi connectivity index (χ4n) is 2.88. The molecular weight excluding hydrogens is 381 g/mol. The van der Waals surface area contributed by atoms with E-state index in [1.807, 2.05) is 30.3 Å². The highest BCUT2D eigenvalue weighted by Crippen LogP contribution is 2.45. The zero-order valence-electron chi connectivity index (χ0n) is 13.1. The molecule has 0 bridgehead atoms. The van der Waals surface area contributed by atoms with Gasteiger partial charge < -0.3 is 10.0 Å². The highest BCUT2D eigenvalue weighted by Gasteiger charge is 2.42. The van der Waals surface area contributed by atoms with Gasteiger partial charge in [-0.1, -0.05) is 59.6 Å². The highest BCUT2D eigenvalue weighted by molar-refractivity contribution is 8.00. The maximum absolute atomic E-state index is 12.5. The molecule has 3 rings (SSSR count). The van der Waals surface area contributed by atoms with Gasteiger partial charge in [-0.15, -0.1) is 11.8 Å². The van der Waals surface area contributed by atoms with Crippen molar-refractivity contribution >= 4 is 46.8 Å². The molecular formula is C18H15Cl2NO3S. The second kappa shape index (κ2) is 7.68. The maximum atomic E-state index is 12.5. The van der Waals surface area contributed by atoms with Crippen molar-refractivity contribution in [3.05, 3.63) is 69.7 Å². The third-order valence-corrected chi connectivity index (χ3v) is 5.90. The molecule has 1 fully saturated rings. The van der Waals surface area contributed by atoms with Crippen LogP contribution in [0.15, 0.2) is 48.5 Å². The fourth-order valence-corrected chi connectivity index (χ4v) is 4.91. The number of carbonyl (C=O) groups excluding carboxylic acids is 1. The summed E-state index contributed by atoms with van der Waals surface area (Å²) in [4.78, 5) is 25.8. The van der Waals surface area contributed by atoms with Crippen LogP contribution in [-0.2, 0) is 16.0 Å². The first-order valence-electron chi connectivity index (χ1n) is 7.62. The molecule has 0 aromatic heterocycles. The van der Waals surface area contributed by atoms with Crippen LogP contribution in [0.5, 0.6) is 0 Å². The van der Waals surface area contributed by atoms with Crippen LogP contribution in [0.3, 0.4) is 0 Å². The molecule has 1 amide bonds. The van der Waals surface area contributed by atoms with E-state index < -0.39 is 17.4 Å². The zero-order valence-corrected chi connectivity index (χ0v) is 15.4. The molecule has 2 unspecified atom stereocenters. The van der Waals surface area contributed by atoms with Gasteiger partial charge in [-0.05, 0) is 17.7 Å². The molecule has 0 aliphatic carbocycles. The number of carboxylic acids is 1. The lowest BCUT2D eigenvalue weighted by Gasteiger charge is -2.31. The predicted molar refractivity (Wildman–Crippen MR) is 100 cm³/mol. The molecule has 0 saturated carbocycles. The smallest absolute Gasteiger partial charge is 0.326 e. The molecule has 0 radical (unpaired) electrons. The van der Waals surface area contributed by atoms with Gasteiger partial charge in [0.1, 0.15) is 11.4 Å². The van der Waals surface area contributed by atoms with Crippen molar-refractivity contribution < 1.29 is 14.7 Å². The minimum absolute atomic E-state index is 0.199. The Morgan fingerprint density at radius 2 is 1.80 bits per heavy atom. The summed E-state index contributed by atoms with van der Waals surface area (Å²) in [6.07, 6.45) is 0.223. The average Bonchev–Trinajstić information content (AvgIpc) is 2.94. The van der Waals surface area contributed by atoms with Gasteiger partial charge in [0.15, 0.2) is 0 Å². The van der Waals surface area contributed by atoms with Crippen LogP contribution in [0.4, 0.5) is 0 Å². The molecule has 1 heterocycles. The summed E-state index contributed by atoms with van der Waals surface area (Å²) in [5.74, 6) is -1.08. The van der Waals surface area contributed by atoms with E-state index in [9.17, 15) is 14.7 Å². The second-order valence-electron chi connectivity index (χ2n) is 5.64. The lowest BCUT2D eigenvalue weighted by molar-refractivity contribution is -0.149. The zero-order chi connectivity index (χ0) is 18.0. The van der Waals surface area contributed by atoms with Gasteiger partial charge in [-0.3, -0.25) is 4.79 Å². The molecule has 1 aliphatic rings. The number of carboxylic acid groups (broad SMARTS) is 1. The molecule has 0 spiro atoms. The van der Waals surface area contributed by atoms with Crippen molar-refractivity contribution in [3.63, 3.8) is 0 Å². The summed E-state index contributed by atoms with van der Waals surface area (Å²) in [5, 5.41) is 10.1. The first-order chi connectivity index (χ1) is 12.0. The Morgan fingerprint density at radius 3 is 2.40 bits per heavy atom. The number of rotatable bonds is 5. The second-order valence-corrected chi connectivity index (χ2v) is 7.53. The van der Waals surface area contributed by atoms with Crippen LogP contribution in [0.1, 0.15) is 16.5 Å². The van der Waals surface area contributed by atoms with Crippen molar-refractivity contribution in [2.75, 3.05) is 5.75 Å². The van der Waals surface area contributed by atoms with Gasteiger partial charge in [0, 0.05) is 22.0 Å². The molecule has 2 aromatic rings. The van der Waals surface area contributed by atoms with Crippen molar-refractivity contribution in [2.24, 2.45) is 0 Å². The van der Waals surface area contributed by atoms with Crippen LogP contribution in [-0.4, -0.2) is 33.7 Å². The van der Waals surface area contributed by atoms with E-state index >= 15 is 0 Å². The maximum Gasteiger partial charge on any atom is 0.326 e. The van der Waals surface area contributed by atoms with E-state index in [0.717, 1.165) is 5.56 Å². The van der Waals surface area contributed by atoms with E-state index in [0.29, 0.717) is 15.6 Å². The summed E-state index contributed by atoms with van der Waals surface area (Å²) in [5.41, 5.74) is 1.43. The van der Waals surface area contributed by atoms with Crippen molar-refractivity contribution in [3.8, 4) is 0 Å². The minimum atomic E-state index is -1.05. The van der Waals surface area contributed by atoms with E-state index in [1.165, 1.54) is 16.7 Å². The average molecular weight is 396 g/mol. The molecule has 1 aliphatic heterocycles. The summed E-state index contributed by atoms with van der Waals surface area (Å²) in [6.45, 7) is 0.